The molecule has 1 spiro atoms. The van der Waals surface area contributed by atoms with Gasteiger partial charge in [0.25, 0.3) is 0 Å². The van der Waals surface area contributed by atoms with Gasteiger partial charge in [-0.25, -0.2) is 9.37 Å². The molecule has 0 amide bonds. The summed E-state index contributed by atoms with van der Waals surface area (Å²) in [5.41, 5.74) is 1.77. The van der Waals surface area contributed by atoms with Crippen molar-refractivity contribution in [2.75, 3.05) is 58.1 Å². The number of aromatic nitrogens is 5. The summed E-state index contributed by atoms with van der Waals surface area (Å²) >= 11 is 6.65. The van der Waals surface area contributed by atoms with Crippen LogP contribution in [0.5, 0.6) is 11.9 Å². The van der Waals surface area contributed by atoms with Crippen molar-refractivity contribution in [1.82, 2.24) is 30.0 Å². The van der Waals surface area contributed by atoms with Crippen LogP contribution < -0.4 is 14.4 Å². The third-order valence-corrected chi connectivity index (χ3v) is 13.5. The zero-order valence-corrected chi connectivity index (χ0v) is 31.7. The number of methoxy groups -OCH3 is 1. The molecule has 3 aromatic heterocycles. The molecule has 9 rings (SSSR count). The maximum Gasteiger partial charge on any atom is 0.319 e. The summed E-state index contributed by atoms with van der Waals surface area (Å²) in [6, 6.07) is 2.73. The van der Waals surface area contributed by atoms with Crippen molar-refractivity contribution < 1.29 is 33.6 Å². The number of ether oxygens (including phenoxy) is 4. The number of halogens is 2. The molecule has 2 aliphatic carbocycles. The molecule has 13 nitrogen and oxygen atoms in total. The molecule has 6 heterocycles. The first-order valence-electron chi connectivity index (χ1n) is 19.5. The fourth-order valence-electron chi connectivity index (χ4n) is 10.2. The van der Waals surface area contributed by atoms with Crippen LogP contribution in [0.15, 0.2) is 12.3 Å². The molecule has 290 valence electrons. The lowest BCUT2D eigenvalue weighted by molar-refractivity contribution is -0.175. The van der Waals surface area contributed by atoms with Crippen LogP contribution in [0.2, 0.25) is 5.02 Å². The number of rotatable bonds is 8. The van der Waals surface area contributed by atoms with Gasteiger partial charge < -0.3 is 34.1 Å². The zero-order chi connectivity index (χ0) is 37.2. The largest absolute Gasteiger partial charge is 0.480 e. The van der Waals surface area contributed by atoms with Crippen LogP contribution in [0, 0.1) is 18.2 Å². The van der Waals surface area contributed by atoms with E-state index in [0.29, 0.717) is 45.7 Å². The van der Waals surface area contributed by atoms with Gasteiger partial charge in [0, 0.05) is 46.6 Å². The van der Waals surface area contributed by atoms with Gasteiger partial charge in [0.2, 0.25) is 5.88 Å². The van der Waals surface area contributed by atoms with Gasteiger partial charge in [-0.1, -0.05) is 18.0 Å². The van der Waals surface area contributed by atoms with E-state index in [2.05, 4.69) is 15.1 Å². The second kappa shape index (κ2) is 14.3. The first-order chi connectivity index (χ1) is 26.2. The highest BCUT2D eigenvalue weighted by Crippen LogP contribution is 2.51. The molecule has 3 unspecified atom stereocenters. The molecule has 5 fully saturated rings. The molecule has 5 aliphatic rings. The number of piperidine rings is 1. The van der Waals surface area contributed by atoms with E-state index in [1.54, 1.807) is 17.2 Å². The van der Waals surface area contributed by atoms with E-state index in [9.17, 15) is 10.2 Å². The van der Waals surface area contributed by atoms with Gasteiger partial charge in [-0.15, -0.1) is 0 Å². The Morgan fingerprint density at radius 1 is 1.09 bits per heavy atom. The van der Waals surface area contributed by atoms with Gasteiger partial charge in [0.15, 0.2) is 5.82 Å². The zero-order valence-electron chi connectivity index (χ0n) is 31.0. The van der Waals surface area contributed by atoms with Crippen molar-refractivity contribution >= 4 is 39.2 Å². The number of nitrogens with zero attached hydrogens (tertiary/aromatic N) is 6. The molecular formula is C39H49ClFN7O6. The third kappa shape index (κ3) is 6.17. The SMILES string of the molecule is COc1nc(-c2c(C)c(Cl)cc3[nH]ncc23)c(F)c2nc(OCC34CCCC3N(C3CCC5(CCO5)CC3)CCC4)nc(N3CC(O)CO[C@@H](CO)C3)c12. The predicted molar refractivity (Wildman–Crippen MR) is 201 cm³/mol. The molecule has 0 radical (unpaired) electrons. The summed E-state index contributed by atoms with van der Waals surface area (Å²) in [6.45, 7) is 4.28. The van der Waals surface area contributed by atoms with E-state index in [1.807, 2.05) is 6.92 Å². The second-order valence-electron chi connectivity index (χ2n) is 16.1. The first kappa shape index (κ1) is 36.3. The van der Waals surface area contributed by atoms with Crippen LogP contribution in [0.25, 0.3) is 33.1 Å². The number of H-pyrrole nitrogens is 1. The van der Waals surface area contributed by atoms with Crippen molar-refractivity contribution in [3.8, 4) is 23.1 Å². The summed E-state index contributed by atoms with van der Waals surface area (Å²) in [4.78, 5) is 19.0. The number of likely N-dealkylation sites (tertiary alicyclic amines) is 1. The highest BCUT2D eigenvalue weighted by Gasteiger charge is 2.52. The van der Waals surface area contributed by atoms with Crippen molar-refractivity contribution in [2.45, 2.75) is 101 Å². The molecule has 4 atom stereocenters. The highest BCUT2D eigenvalue weighted by atomic mass is 35.5. The number of fused-ring (bicyclic) bond motifs is 3. The normalized spacial score (nSPS) is 30.4. The lowest BCUT2D eigenvalue weighted by Crippen LogP contribution is -2.58. The van der Waals surface area contributed by atoms with Crippen LogP contribution in [0.4, 0.5) is 10.2 Å². The van der Waals surface area contributed by atoms with E-state index < -0.39 is 18.0 Å². The standard InChI is InChI=1S/C39H49ClFN7O6/c1-22-27(40)15-28-26(16-42-46-28)30(22)33-32(41)34-31(36(43-33)51-2)35(47-17-24(50)20-52-25(18-47)19-49)45-37(44-34)53-21-38-8-3-5-29(38)48(13-4-9-38)23-6-10-39(11-7-23)12-14-54-39/h15-16,23-25,29,49-50H,3-14,17-21H2,1-2H3,(H,42,46)/t23?,24?,25-,29?,38?,39?/m1/s1. The van der Waals surface area contributed by atoms with Crippen molar-refractivity contribution in [3.63, 3.8) is 0 Å². The van der Waals surface area contributed by atoms with Gasteiger partial charge in [-0.2, -0.15) is 15.1 Å². The lowest BCUT2D eigenvalue weighted by Gasteiger charge is -2.53. The molecule has 4 aromatic rings. The van der Waals surface area contributed by atoms with Crippen molar-refractivity contribution in [2.24, 2.45) is 5.41 Å². The summed E-state index contributed by atoms with van der Waals surface area (Å²) < 4.78 is 41.6. The number of nitrogens with one attached hydrogen (secondary N) is 1. The molecule has 3 N–H and O–H groups in total. The average molecular weight is 766 g/mol. The highest BCUT2D eigenvalue weighted by molar-refractivity contribution is 6.33. The third-order valence-electron chi connectivity index (χ3n) is 13.1. The Bertz CT molecular complexity index is 2040. The Balaban J connectivity index is 1.12. The maximum atomic E-state index is 17.3. The molecule has 3 aliphatic heterocycles. The molecule has 1 aromatic carbocycles. The van der Waals surface area contributed by atoms with E-state index in [4.69, 9.17) is 45.5 Å². The first-order valence-corrected chi connectivity index (χ1v) is 19.8. The number of aromatic amines is 1. The Hall–Kier alpha value is -3.40. The van der Waals surface area contributed by atoms with Gasteiger partial charge in [-0.05, 0) is 82.9 Å². The smallest absolute Gasteiger partial charge is 0.319 e. The van der Waals surface area contributed by atoms with E-state index in [1.165, 1.54) is 26.4 Å². The molecule has 15 heteroatoms. The number of aliphatic hydroxyl groups excluding tert-OH is 2. The maximum absolute atomic E-state index is 17.3. The second-order valence-corrected chi connectivity index (χ2v) is 16.5. The van der Waals surface area contributed by atoms with Crippen LogP contribution in [0.1, 0.15) is 69.8 Å². The fourth-order valence-corrected chi connectivity index (χ4v) is 10.4. The predicted octanol–water partition coefficient (Wildman–Crippen LogP) is 5.35. The van der Waals surface area contributed by atoms with Crippen LogP contribution in [-0.2, 0) is 9.47 Å². The van der Waals surface area contributed by atoms with Gasteiger partial charge in [-0.3, -0.25) is 10.00 Å². The minimum atomic E-state index is -0.889. The Labute approximate surface area is 318 Å². The summed E-state index contributed by atoms with van der Waals surface area (Å²) in [7, 11) is 1.46. The summed E-state index contributed by atoms with van der Waals surface area (Å²) in [5.74, 6) is -0.314. The molecular weight excluding hydrogens is 717 g/mol. The number of aliphatic hydroxyl groups is 2. The Kier molecular flexibility index (Phi) is 9.58. The van der Waals surface area contributed by atoms with Crippen molar-refractivity contribution in [3.05, 3.63) is 28.7 Å². The van der Waals surface area contributed by atoms with E-state index >= 15 is 4.39 Å². The van der Waals surface area contributed by atoms with Gasteiger partial charge >= 0.3 is 6.01 Å². The number of hydrogen-bond donors (Lipinski definition) is 3. The minimum Gasteiger partial charge on any atom is -0.480 e. The molecule has 3 saturated heterocycles. The summed E-state index contributed by atoms with van der Waals surface area (Å²) in [5, 5.41) is 29.4. The van der Waals surface area contributed by atoms with Gasteiger partial charge in [0.05, 0.1) is 63.1 Å². The van der Waals surface area contributed by atoms with E-state index in [0.717, 1.165) is 58.1 Å². The summed E-state index contributed by atoms with van der Waals surface area (Å²) in [6.07, 6.45) is 11.4. The minimum absolute atomic E-state index is 0.00718. The average Bonchev–Trinajstić information content (AvgIpc) is 3.78. The number of hydrogen-bond acceptors (Lipinski definition) is 12. The monoisotopic (exact) mass is 765 g/mol. The molecule has 54 heavy (non-hydrogen) atoms. The van der Waals surface area contributed by atoms with Gasteiger partial charge in [0.1, 0.15) is 22.4 Å². The number of benzene rings is 1. The van der Waals surface area contributed by atoms with Crippen molar-refractivity contribution in [1.29, 1.82) is 0 Å². The number of anilines is 1. The Morgan fingerprint density at radius 3 is 2.67 bits per heavy atom. The number of β-amino-alcohol motifs (C(OH)–C–C–N with tert-alkyl or cyclic N) is 1. The van der Waals surface area contributed by atoms with Crippen LogP contribution >= 0.6 is 11.6 Å². The molecule has 2 saturated carbocycles. The lowest BCUT2D eigenvalue weighted by atomic mass is 9.72. The van der Waals surface area contributed by atoms with E-state index in [-0.39, 0.29) is 71.6 Å². The quantitative estimate of drug-likeness (QED) is 0.212. The van der Waals surface area contributed by atoms with Crippen LogP contribution in [0.3, 0.4) is 0 Å². The topological polar surface area (TPSA) is 151 Å². The molecule has 0 bridgehead atoms. The van der Waals surface area contributed by atoms with Crippen LogP contribution in [-0.4, -0.2) is 123 Å². The number of pyridine rings is 1. The fraction of sp³-hybridized carbons (Fsp3) is 0.641. The Morgan fingerprint density at radius 2 is 1.91 bits per heavy atom.